The van der Waals surface area contributed by atoms with E-state index in [9.17, 15) is 4.79 Å². The Hall–Kier alpha value is -2.25. The number of piperidine rings is 1. The summed E-state index contributed by atoms with van der Waals surface area (Å²) in [6.07, 6.45) is 3.98. The molecule has 4 heterocycles. The summed E-state index contributed by atoms with van der Waals surface area (Å²) in [4.78, 5) is 24.9. The number of carbonyl (C=O) groups excluding carboxylic acids is 1. The molecule has 3 saturated heterocycles. The van der Waals surface area contributed by atoms with Gasteiger partial charge in [0.2, 0.25) is 17.6 Å². The number of likely N-dealkylation sites (tertiary alicyclic amines) is 3. The number of nitrogens with zero attached hydrogens (tertiary/aromatic N) is 5. The van der Waals surface area contributed by atoms with Gasteiger partial charge in [0, 0.05) is 37.0 Å². The molecule has 0 unspecified atom stereocenters. The third-order valence-corrected chi connectivity index (χ3v) is 7.89. The van der Waals surface area contributed by atoms with Gasteiger partial charge >= 0.3 is 0 Å². The molecule has 7 nitrogen and oxygen atoms in total. The number of rotatable bonds is 4. The van der Waals surface area contributed by atoms with Crippen molar-refractivity contribution < 1.29 is 9.32 Å². The maximum Gasteiger partial charge on any atom is 0.232 e. The summed E-state index contributed by atoms with van der Waals surface area (Å²) in [6.45, 7) is 7.77. The van der Waals surface area contributed by atoms with Crippen LogP contribution in [0.25, 0.3) is 11.4 Å². The number of aryl methyl sites for hydroxylation is 1. The maximum absolute atomic E-state index is 13.3. The molecule has 1 aromatic heterocycles. The van der Waals surface area contributed by atoms with Crippen LogP contribution >= 0.6 is 0 Å². The second-order valence-electron chi connectivity index (χ2n) is 10.5. The van der Waals surface area contributed by atoms with Crippen LogP contribution < -0.4 is 0 Å². The van der Waals surface area contributed by atoms with Gasteiger partial charge in [-0.05, 0) is 71.9 Å². The van der Waals surface area contributed by atoms with Crippen molar-refractivity contribution in [3.05, 3.63) is 35.7 Å². The summed E-state index contributed by atoms with van der Waals surface area (Å²) in [7, 11) is 4.33. The smallest absolute Gasteiger partial charge is 0.232 e. The van der Waals surface area contributed by atoms with E-state index in [2.05, 4.69) is 53.0 Å². The van der Waals surface area contributed by atoms with Gasteiger partial charge in [0.1, 0.15) is 0 Å². The average Bonchev–Trinajstić information content (AvgIpc) is 3.49. The minimum Gasteiger partial charge on any atom is -0.341 e. The summed E-state index contributed by atoms with van der Waals surface area (Å²) < 4.78 is 5.83. The lowest BCUT2D eigenvalue weighted by Gasteiger charge is -2.30. The van der Waals surface area contributed by atoms with E-state index < -0.39 is 0 Å². The number of aromatic nitrogens is 2. The molecular weight excluding hydrogens is 402 g/mol. The Morgan fingerprint density at radius 2 is 1.97 bits per heavy atom. The average molecular weight is 438 g/mol. The number of carbonyl (C=O) groups is 1. The Labute approximate surface area is 190 Å². The third kappa shape index (κ3) is 4.20. The van der Waals surface area contributed by atoms with Crippen LogP contribution in [-0.2, 0) is 4.79 Å². The molecule has 0 aliphatic carbocycles. The Kier molecular flexibility index (Phi) is 5.80. The molecule has 0 N–H and O–H groups in total. The lowest BCUT2D eigenvalue weighted by molar-refractivity contribution is -0.131. The quantitative estimate of drug-likeness (QED) is 0.733. The zero-order chi connectivity index (χ0) is 22.3. The summed E-state index contributed by atoms with van der Waals surface area (Å²) in [5.74, 6) is 2.23. The van der Waals surface area contributed by atoms with Crippen LogP contribution in [0.3, 0.4) is 0 Å². The summed E-state index contributed by atoms with van der Waals surface area (Å²) in [6, 6.07) is 8.19. The van der Waals surface area contributed by atoms with Crippen LogP contribution in [0.5, 0.6) is 0 Å². The number of hydrogen-bond donors (Lipinski definition) is 0. The van der Waals surface area contributed by atoms with Gasteiger partial charge in [-0.15, -0.1) is 0 Å². The molecule has 172 valence electrons. The maximum atomic E-state index is 13.3. The van der Waals surface area contributed by atoms with Crippen molar-refractivity contribution in [3.63, 3.8) is 0 Å². The van der Waals surface area contributed by atoms with Crippen LogP contribution in [0.15, 0.2) is 28.8 Å². The molecule has 32 heavy (non-hydrogen) atoms. The van der Waals surface area contributed by atoms with Crippen molar-refractivity contribution in [1.82, 2.24) is 24.8 Å². The predicted octanol–water partition coefficient (Wildman–Crippen LogP) is 3.02. The van der Waals surface area contributed by atoms with E-state index in [0.29, 0.717) is 36.5 Å². The highest BCUT2D eigenvalue weighted by Crippen LogP contribution is 2.48. The molecule has 1 spiro atoms. The lowest BCUT2D eigenvalue weighted by atomic mass is 9.77. The largest absolute Gasteiger partial charge is 0.341 e. The Balaban J connectivity index is 1.35. The monoisotopic (exact) mass is 437 g/mol. The fourth-order valence-corrected chi connectivity index (χ4v) is 5.94. The SMILES string of the molecule is Cc1cccc(-c2noc([C@@H]3CN(C(=O)CC4CCN(C)CC4)C[C@@]34CCN(C)C4)n2)c1. The van der Waals surface area contributed by atoms with E-state index in [1.807, 2.05) is 12.1 Å². The van der Waals surface area contributed by atoms with Crippen molar-refractivity contribution in [2.75, 3.05) is 53.4 Å². The second-order valence-corrected chi connectivity index (χ2v) is 10.5. The highest BCUT2D eigenvalue weighted by atomic mass is 16.5. The summed E-state index contributed by atoms with van der Waals surface area (Å²) in [5, 5.41) is 4.31. The van der Waals surface area contributed by atoms with Gasteiger partial charge in [0.25, 0.3) is 0 Å². The molecule has 5 rings (SSSR count). The molecule has 0 saturated carbocycles. The first kappa shape index (κ1) is 21.6. The van der Waals surface area contributed by atoms with Crippen LogP contribution in [0.1, 0.15) is 43.1 Å². The van der Waals surface area contributed by atoms with Gasteiger partial charge in [-0.3, -0.25) is 4.79 Å². The molecule has 2 atom stereocenters. The molecule has 2 aromatic rings. The van der Waals surface area contributed by atoms with Gasteiger partial charge in [0.05, 0.1) is 5.92 Å². The van der Waals surface area contributed by atoms with Gasteiger partial charge in [0.15, 0.2) is 0 Å². The topological polar surface area (TPSA) is 65.7 Å². The minimum atomic E-state index is 0.00754. The molecular formula is C25H35N5O2. The van der Waals surface area contributed by atoms with Crippen LogP contribution in [0.4, 0.5) is 0 Å². The van der Waals surface area contributed by atoms with E-state index in [1.54, 1.807) is 0 Å². The normalized spacial score (nSPS) is 27.6. The van der Waals surface area contributed by atoms with E-state index in [0.717, 1.165) is 57.5 Å². The highest BCUT2D eigenvalue weighted by molar-refractivity contribution is 5.77. The van der Waals surface area contributed by atoms with E-state index in [-0.39, 0.29) is 11.3 Å². The first-order valence-electron chi connectivity index (χ1n) is 12.0. The zero-order valence-corrected chi connectivity index (χ0v) is 19.6. The van der Waals surface area contributed by atoms with Gasteiger partial charge in [-0.2, -0.15) is 4.98 Å². The molecule has 1 amide bonds. The first-order chi connectivity index (χ1) is 15.4. The number of benzene rings is 1. The third-order valence-electron chi connectivity index (χ3n) is 7.89. The van der Waals surface area contributed by atoms with Crippen molar-refractivity contribution in [3.8, 4) is 11.4 Å². The van der Waals surface area contributed by atoms with Crippen LogP contribution in [0, 0.1) is 18.3 Å². The molecule has 3 aliphatic rings. The fourth-order valence-electron chi connectivity index (χ4n) is 5.94. The van der Waals surface area contributed by atoms with Crippen molar-refractivity contribution >= 4 is 5.91 Å². The summed E-state index contributed by atoms with van der Waals surface area (Å²) in [5.41, 5.74) is 2.16. The van der Waals surface area contributed by atoms with Crippen LogP contribution in [0.2, 0.25) is 0 Å². The first-order valence-corrected chi connectivity index (χ1v) is 12.0. The molecule has 3 aliphatic heterocycles. The Morgan fingerprint density at radius 3 is 2.69 bits per heavy atom. The molecule has 1 aromatic carbocycles. The van der Waals surface area contributed by atoms with Crippen LogP contribution in [-0.4, -0.2) is 84.1 Å². The lowest BCUT2D eigenvalue weighted by Crippen LogP contribution is -2.37. The predicted molar refractivity (Wildman–Crippen MR) is 123 cm³/mol. The second kappa shape index (κ2) is 8.60. The number of hydrogen-bond acceptors (Lipinski definition) is 6. The minimum absolute atomic E-state index is 0.00754. The molecule has 7 heteroatoms. The van der Waals surface area contributed by atoms with E-state index in [4.69, 9.17) is 9.51 Å². The Morgan fingerprint density at radius 1 is 1.16 bits per heavy atom. The van der Waals surface area contributed by atoms with Crippen molar-refractivity contribution in [1.29, 1.82) is 0 Å². The van der Waals surface area contributed by atoms with E-state index >= 15 is 0 Å². The highest BCUT2D eigenvalue weighted by Gasteiger charge is 2.53. The standard InChI is InChI=1S/C25H35N5O2/c1-18-5-4-6-20(13-18)23-26-24(32-27-23)21-15-30(17-25(21)9-12-29(3)16-25)22(31)14-19-7-10-28(2)11-8-19/h4-6,13,19,21H,7-12,14-17H2,1-3H3/t21-,25-/m0/s1. The van der Waals surface area contributed by atoms with E-state index in [1.165, 1.54) is 5.56 Å². The summed E-state index contributed by atoms with van der Waals surface area (Å²) >= 11 is 0. The van der Waals surface area contributed by atoms with Crippen molar-refractivity contribution in [2.45, 2.75) is 38.5 Å². The van der Waals surface area contributed by atoms with Gasteiger partial charge in [-0.1, -0.05) is 28.9 Å². The molecule has 3 fully saturated rings. The molecule has 0 radical (unpaired) electrons. The van der Waals surface area contributed by atoms with Gasteiger partial charge < -0.3 is 19.2 Å². The molecule has 0 bridgehead atoms. The van der Waals surface area contributed by atoms with Crippen molar-refractivity contribution in [2.24, 2.45) is 11.3 Å². The number of amides is 1. The zero-order valence-electron chi connectivity index (χ0n) is 19.6. The Bertz CT molecular complexity index is 967. The fraction of sp³-hybridized carbons (Fsp3) is 0.640. The van der Waals surface area contributed by atoms with Gasteiger partial charge in [-0.25, -0.2) is 0 Å².